The van der Waals surface area contributed by atoms with Gasteiger partial charge in [-0.15, -0.1) is 10.2 Å². The van der Waals surface area contributed by atoms with Crippen molar-refractivity contribution in [1.29, 1.82) is 0 Å². The highest BCUT2D eigenvalue weighted by Crippen LogP contribution is 2.30. The fourth-order valence-electron chi connectivity index (χ4n) is 2.65. The van der Waals surface area contributed by atoms with Gasteiger partial charge in [0.25, 0.3) is 5.56 Å². The number of nitrogens with zero attached hydrogens (tertiary/aromatic N) is 3. The zero-order valence-electron chi connectivity index (χ0n) is 16.3. The molecule has 0 aliphatic carbocycles. The third-order valence-corrected chi connectivity index (χ3v) is 5.20. The molecule has 0 unspecified atom stereocenters. The predicted octanol–water partition coefficient (Wildman–Crippen LogP) is 3.85. The molecule has 1 N–H and O–H groups in total. The summed E-state index contributed by atoms with van der Waals surface area (Å²) in [5, 5.41) is 11.7. The van der Waals surface area contributed by atoms with E-state index in [9.17, 15) is 9.18 Å². The number of ether oxygens (including phenoxy) is 2. The Kier molecular flexibility index (Phi) is 6.71. The number of halogens is 1. The highest BCUT2D eigenvalue weighted by molar-refractivity contribution is 7.98. The zero-order valence-corrected chi connectivity index (χ0v) is 17.1. The smallest absolute Gasteiger partial charge is 0.297 e. The van der Waals surface area contributed by atoms with E-state index in [0.29, 0.717) is 34.6 Å². The van der Waals surface area contributed by atoms with Gasteiger partial charge in [0.05, 0.1) is 14.2 Å². The van der Waals surface area contributed by atoms with Gasteiger partial charge in [0.1, 0.15) is 5.82 Å². The van der Waals surface area contributed by atoms with E-state index in [4.69, 9.17) is 9.47 Å². The number of methoxy groups -OCH3 is 2. The molecule has 3 rings (SSSR count). The minimum absolute atomic E-state index is 0.116. The molecule has 152 valence electrons. The molecule has 0 saturated carbocycles. The van der Waals surface area contributed by atoms with Crippen LogP contribution in [-0.4, -0.2) is 29.0 Å². The van der Waals surface area contributed by atoms with Crippen molar-refractivity contribution >= 4 is 23.3 Å². The van der Waals surface area contributed by atoms with E-state index < -0.39 is 0 Å². The van der Waals surface area contributed by atoms with E-state index in [1.165, 1.54) is 23.9 Å². The van der Waals surface area contributed by atoms with Crippen LogP contribution in [0.5, 0.6) is 11.5 Å². The maximum absolute atomic E-state index is 13.0. The van der Waals surface area contributed by atoms with Crippen molar-refractivity contribution in [2.75, 3.05) is 19.5 Å². The molecule has 0 bridgehead atoms. The molecule has 0 amide bonds. The normalized spacial score (nSPS) is 10.6. The van der Waals surface area contributed by atoms with Gasteiger partial charge < -0.3 is 14.8 Å². The first-order chi connectivity index (χ1) is 14.0. The van der Waals surface area contributed by atoms with Gasteiger partial charge in [-0.25, -0.2) is 4.39 Å². The Balaban J connectivity index is 1.81. The summed E-state index contributed by atoms with van der Waals surface area (Å²) in [4.78, 5) is 12.8. The first kappa shape index (κ1) is 20.7. The molecular formula is C20H21FN4O3S. The maximum atomic E-state index is 13.0. The average Bonchev–Trinajstić information content (AvgIpc) is 2.75. The van der Waals surface area contributed by atoms with Crippen LogP contribution < -0.4 is 20.3 Å². The summed E-state index contributed by atoms with van der Waals surface area (Å²) >= 11 is 1.37. The molecule has 1 heterocycles. The van der Waals surface area contributed by atoms with Crippen LogP contribution in [0, 0.1) is 5.82 Å². The largest absolute Gasteiger partial charge is 0.493 e. The number of hydrogen-bond donors (Lipinski definition) is 1. The van der Waals surface area contributed by atoms with Crippen LogP contribution in [0.4, 0.5) is 15.9 Å². The van der Waals surface area contributed by atoms with Crippen LogP contribution >= 0.6 is 11.8 Å². The SMILES string of the molecule is CCn1c(SCc2ccc(F)cc2)nnc(Nc2ccc(OC)c(OC)c2)c1=O. The Morgan fingerprint density at radius 2 is 1.79 bits per heavy atom. The highest BCUT2D eigenvalue weighted by Gasteiger charge is 2.13. The Labute approximate surface area is 171 Å². The highest BCUT2D eigenvalue weighted by atomic mass is 32.2. The minimum atomic E-state index is -0.283. The van der Waals surface area contributed by atoms with Gasteiger partial charge in [-0.2, -0.15) is 0 Å². The first-order valence-corrected chi connectivity index (χ1v) is 9.88. The number of aromatic nitrogens is 3. The van der Waals surface area contributed by atoms with Crippen LogP contribution in [0.15, 0.2) is 52.4 Å². The molecule has 0 atom stereocenters. The molecule has 7 nitrogen and oxygen atoms in total. The molecule has 3 aromatic rings. The Morgan fingerprint density at radius 3 is 2.45 bits per heavy atom. The average molecular weight is 416 g/mol. The van der Waals surface area contributed by atoms with Gasteiger partial charge in [0.15, 0.2) is 16.7 Å². The van der Waals surface area contributed by atoms with E-state index in [1.54, 1.807) is 49.1 Å². The monoisotopic (exact) mass is 416 g/mol. The quantitative estimate of drug-likeness (QED) is 0.559. The molecule has 0 radical (unpaired) electrons. The molecule has 29 heavy (non-hydrogen) atoms. The summed E-state index contributed by atoms with van der Waals surface area (Å²) in [6.07, 6.45) is 0. The molecule has 2 aromatic carbocycles. The lowest BCUT2D eigenvalue weighted by Gasteiger charge is -2.13. The number of rotatable bonds is 8. The predicted molar refractivity (Wildman–Crippen MR) is 111 cm³/mol. The number of benzene rings is 2. The molecular weight excluding hydrogens is 395 g/mol. The summed E-state index contributed by atoms with van der Waals surface area (Å²) in [7, 11) is 3.09. The second-order valence-corrected chi connectivity index (χ2v) is 6.93. The molecule has 0 saturated heterocycles. The van der Waals surface area contributed by atoms with Crippen LogP contribution in [0.3, 0.4) is 0 Å². The van der Waals surface area contributed by atoms with Crippen molar-refractivity contribution in [3.05, 3.63) is 64.2 Å². The number of hydrogen-bond acceptors (Lipinski definition) is 7. The van der Waals surface area contributed by atoms with Crippen LogP contribution in [-0.2, 0) is 12.3 Å². The van der Waals surface area contributed by atoms with E-state index in [1.807, 2.05) is 6.92 Å². The van der Waals surface area contributed by atoms with E-state index >= 15 is 0 Å². The van der Waals surface area contributed by atoms with Gasteiger partial charge in [0.2, 0.25) is 5.82 Å². The summed E-state index contributed by atoms with van der Waals surface area (Å²) in [5.74, 6) is 1.51. The first-order valence-electron chi connectivity index (χ1n) is 8.89. The lowest BCUT2D eigenvalue weighted by atomic mass is 10.2. The molecule has 0 fully saturated rings. The molecule has 0 spiro atoms. The third kappa shape index (κ3) is 4.86. The third-order valence-electron chi connectivity index (χ3n) is 4.16. The van der Waals surface area contributed by atoms with E-state index in [-0.39, 0.29) is 17.2 Å². The standard InChI is InChI=1S/C20H21FN4O3S/c1-4-25-19(26)18(22-15-9-10-16(27-2)17(11-15)28-3)23-24-20(25)29-12-13-5-7-14(21)8-6-13/h5-11H,4,12H2,1-3H3,(H,22,23). The van der Waals surface area contributed by atoms with Crippen molar-refractivity contribution < 1.29 is 13.9 Å². The molecule has 1 aromatic heterocycles. The molecule has 0 aliphatic heterocycles. The summed E-state index contributed by atoms with van der Waals surface area (Å²) in [5.41, 5.74) is 1.28. The van der Waals surface area contributed by atoms with Gasteiger partial charge in [-0.1, -0.05) is 23.9 Å². The second kappa shape index (κ2) is 9.42. The summed E-state index contributed by atoms with van der Waals surface area (Å²) in [6.45, 7) is 2.31. The van der Waals surface area contributed by atoms with Crippen molar-refractivity contribution in [1.82, 2.24) is 14.8 Å². The van der Waals surface area contributed by atoms with Crippen molar-refractivity contribution in [3.63, 3.8) is 0 Å². The molecule has 9 heteroatoms. The van der Waals surface area contributed by atoms with Gasteiger partial charge in [0, 0.05) is 24.1 Å². The van der Waals surface area contributed by atoms with E-state index in [0.717, 1.165) is 5.56 Å². The van der Waals surface area contributed by atoms with Crippen molar-refractivity contribution in [2.24, 2.45) is 0 Å². The summed E-state index contributed by atoms with van der Waals surface area (Å²) in [6, 6.07) is 11.4. The Hall–Kier alpha value is -3.07. The Morgan fingerprint density at radius 1 is 1.07 bits per heavy atom. The van der Waals surface area contributed by atoms with Crippen molar-refractivity contribution in [3.8, 4) is 11.5 Å². The van der Waals surface area contributed by atoms with Gasteiger partial charge in [-0.3, -0.25) is 9.36 Å². The fraction of sp³-hybridized carbons (Fsp3) is 0.250. The lowest BCUT2D eigenvalue weighted by Crippen LogP contribution is -2.26. The Bertz CT molecular complexity index is 1040. The van der Waals surface area contributed by atoms with Crippen LogP contribution in [0.2, 0.25) is 0 Å². The number of anilines is 2. The van der Waals surface area contributed by atoms with Crippen LogP contribution in [0.1, 0.15) is 12.5 Å². The minimum Gasteiger partial charge on any atom is -0.493 e. The van der Waals surface area contributed by atoms with Gasteiger partial charge >= 0.3 is 0 Å². The van der Waals surface area contributed by atoms with Crippen LogP contribution in [0.25, 0.3) is 0 Å². The fourth-order valence-corrected chi connectivity index (χ4v) is 3.60. The maximum Gasteiger partial charge on any atom is 0.297 e. The number of thioether (sulfide) groups is 1. The second-order valence-electron chi connectivity index (χ2n) is 5.99. The summed E-state index contributed by atoms with van der Waals surface area (Å²) < 4.78 is 25.1. The molecule has 0 aliphatic rings. The van der Waals surface area contributed by atoms with E-state index in [2.05, 4.69) is 15.5 Å². The topological polar surface area (TPSA) is 78.3 Å². The number of nitrogens with one attached hydrogen (secondary N) is 1. The van der Waals surface area contributed by atoms with Gasteiger partial charge in [-0.05, 0) is 36.8 Å². The zero-order chi connectivity index (χ0) is 20.8. The van der Waals surface area contributed by atoms with Crippen molar-refractivity contribution in [2.45, 2.75) is 24.4 Å². The lowest BCUT2D eigenvalue weighted by molar-refractivity contribution is 0.355.